The summed E-state index contributed by atoms with van der Waals surface area (Å²) in [6.07, 6.45) is 1.29. The molecule has 0 unspecified atom stereocenters. The molecule has 0 aliphatic carbocycles. The summed E-state index contributed by atoms with van der Waals surface area (Å²) in [5, 5.41) is 2.56. The number of nitrogens with one attached hydrogen (secondary N) is 1. The Bertz CT molecular complexity index is 790. The zero-order chi connectivity index (χ0) is 18.6. The van der Waals surface area contributed by atoms with E-state index in [1.165, 1.54) is 43.0 Å². The quantitative estimate of drug-likeness (QED) is 0.809. The number of halogens is 1. The van der Waals surface area contributed by atoms with Crippen LogP contribution in [0, 0.1) is 5.82 Å². The van der Waals surface area contributed by atoms with Gasteiger partial charge in [-0.2, -0.15) is 0 Å². The highest BCUT2D eigenvalue weighted by molar-refractivity contribution is 5.97. The molecule has 1 atom stereocenters. The molecular weight excluding hydrogens is 329 g/mol. The van der Waals surface area contributed by atoms with Gasteiger partial charge in [-0.3, -0.25) is 10.1 Å². The molecule has 1 N–H and O–H groups in total. The Labute approximate surface area is 144 Å². The summed E-state index contributed by atoms with van der Waals surface area (Å²) in [6.45, 7) is 3.37. The Hall–Kier alpha value is -2.74. The molecule has 0 aliphatic heterocycles. The van der Waals surface area contributed by atoms with Gasteiger partial charge < -0.3 is 14.0 Å². The van der Waals surface area contributed by atoms with Gasteiger partial charge in [-0.15, -0.1) is 0 Å². The Balaban J connectivity index is 2.29. The molecular formula is C17H20FN3O4. The minimum atomic E-state index is -1.57. The van der Waals surface area contributed by atoms with Crippen LogP contribution in [-0.2, 0) is 26.9 Å². The van der Waals surface area contributed by atoms with Crippen LogP contribution in [0.4, 0.5) is 10.3 Å². The van der Waals surface area contributed by atoms with E-state index in [0.717, 1.165) is 0 Å². The summed E-state index contributed by atoms with van der Waals surface area (Å²) in [7, 11) is 2.87. The number of rotatable bonds is 6. The fraction of sp³-hybridized carbons (Fsp3) is 0.353. The van der Waals surface area contributed by atoms with E-state index in [-0.39, 0.29) is 23.8 Å². The Morgan fingerprint density at radius 1 is 1.36 bits per heavy atom. The number of carbonyl (C=O) groups excluding carboxylic acids is 2. The third kappa shape index (κ3) is 3.53. The number of hydrogen-bond acceptors (Lipinski definition) is 5. The molecule has 0 fully saturated rings. The number of anilines is 1. The largest absolute Gasteiger partial charge is 0.461 e. The van der Waals surface area contributed by atoms with E-state index < -0.39 is 23.3 Å². The van der Waals surface area contributed by atoms with E-state index in [9.17, 15) is 14.0 Å². The Morgan fingerprint density at radius 3 is 2.64 bits per heavy atom. The predicted octanol–water partition coefficient (Wildman–Crippen LogP) is 2.24. The third-order valence-corrected chi connectivity index (χ3v) is 3.93. The minimum Gasteiger partial charge on any atom is -0.461 e. The average Bonchev–Trinajstić information content (AvgIpc) is 2.95. The monoisotopic (exact) mass is 349 g/mol. The summed E-state index contributed by atoms with van der Waals surface area (Å²) in [5.41, 5.74) is -1.29. The molecule has 0 aliphatic rings. The summed E-state index contributed by atoms with van der Waals surface area (Å²) < 4.78 is 25.7. The first kappa shape index (κ1) is 18.6. The van der Waals surface area contributed by atoms with Crippen LogP contribution in [0.15, 0.2) is 30.5 Å². The highest BCUT2D eigenvalue weighted by Gasteiger charge is 2.38. The molecule has 0 saturated carbocycles. The average molecular weight is 349 g/mol. The number of hydrogen-bond donors (Lipinski definition) is 1. The van der Waals surface area contributed by atoms with E-state index in [4.69, 9.17) is 9.47 Å². The van der Waals surface area contributed by atoms with Crippen molar-refractivity contribution < 1.29 is 23.5 Å². The lowest BCUT2D eigenvalue weighted by Crippen LogP contribution is -2.40. The number of nitrogens with zero attached hydrogens (tertiary/aromatic N) is 2. The number of imidazole rings is 1. The standard InChI is InChI=1S/C17H20FN3O4/c1-5-25-14(22)13-10-19-16(21(13)3)20-15(23)17(2,24-4)11-8-6-7-9-12(11)18/h6-10H,5H2,1-4H3,(H,19,20,23)/t17-/m0/s1. The van der Waals surface area contributed by atoms with Gasteiger partial charge in [-0.25, -0.2) is 14.2 Å². The van der Waals surface area contributed by atoms with Crippen molar-refractivity contribution in [1.29, 1.82) is 0 Å². The van der Waals surface area contributed by atoms with E-state index in [2.05, 4.69) is 10.3 Å². The van der Waals surface area contributed by atoms with Crippen LogP contribution in [0.1, 0.15) is 29.9 Å². The molecule has 1 amide bonds. The van der Waals surface area contributed by atoms with Gasteiger partial charge in [-0.05, 0) is 19.9 Å². The molecule has 25 heavy (non-hydrogen) atoms. The van der Waals surface area contributed by atoms with Crippen LogP contribution in [0.5, 0.6) is 0 Å². The van der Waals surface area contributed by atoms with Gasteiger partial charge in [0.15, 0.2) is 5.60 Å². The molecule has 0 bridgehead atoms. The molecule has 134 valence electrons. The van der Waals surface area contributed by atoms with Crippen LogP contribution in [0.3, 0.4) is 0 Å². The first-order chi connectivity index (χ1) is 11.8. The fourth-order valence-electron chi connectivity index (χ4n) is 2.31. The first-order valence-corrected chi connectivity index (χ1v) is 7.65. The summed E-state index contributed by atoms with van der Waals surface area (Å²) in [5.74, 6) is -1.62. The van der Waals surface area contributed by atoms with Crippen LogP contribution >= 0.6 is 0 Å². The second-order valence-electron chi connectivity index (χ2n) is 5.42. The minimum absolute atomic E-state index is 0.0924. The number of esters is 1. The van der Waals surface area contributed by atoms with Crippen LogP contribution in [0.25, 0.3) is 0 Å². The van der Waals surface area contributed by atoms with Gasteiger partial charge in [0, 0.05) is 19.7 Å². The van der Waals surface area contributed by atoms with Gasteiger partial charge in [0.05, 0.1) is 12.8 Å². The maximum absolute atomic E-state index is 14.1. The Kier molecular flexibility index (Phi) is 5.53. The summed E-state index contributed by atoms with van der Waals surface area (Å²) >= 11 is 0. The highest BCUT2D eigenvalue weighted by Crippen LogP contribution is 2.28. The second kappa shape index (κ2) is 7.43. The number of carbonyl (C=O) groups is 2. The molecule has 1 aromatic heterocycles. The maximum Gasteiger partial charge on any atom is 0.356 e. The lowest BCUT2D eigenvalue weighted by atomic mass is 9.94. The molecule has 8 heteroatoms. The van der Waals surface area contributed by atoms with Gasteiger partial charge in [0.2, 0.25) is 5.95 Å². The molecule has 1 heterocycles. The summed E-state index contributed by atoms with van der Waals surface area (Å²) in [6, 6.07) is 5.86. The number of benzene rings is 1. The van der Waals surface area contributed by atoms with Crippen LogP contribution in [-0.4, -0.2) is 35.1 Å². The normalized spacial score (nSPS) is 13.2. The highest BCUT2D eigenvalue weighted by atomic mass is 19.1. The number of ether oxygens (including phenoxy) is 2. The molecule has 2 aromatic rings. The van der Waals surface area contributed by atoms with Crippen LogP contribution in [0.2, 0.25) is 0 Å². The molecule has 0 spiro atoms. The van der Waals surface area contributed by atoms with E-state index in [1.54, 1.807) is 20.0 Å². The molecule has 0 saturated heterocycles. The maximum atomic E-state index is 14.1. The van der Waals surface area contributed by atoms with E-state index >= 15 is 0 Å². The van der Waals surface area contributed by atoms with Crippen molar-refractivity contribution in [2.45, 2.75) is 19.4 Å². The molecule has 2 rings (SSSR count). The Morgan fingerprint density at radius 2 is 2.04 bits per heavy atom. The second-order valence-corrected chi connectivity index (χ2v) is 5.42. The topological polar surface area (TPSA) is 82.4 Å². The van der Waals surface area contributed by atoms with Crippen molar-refractivity contribution in [2.75, 3.05) is 19.0 Å². The van der Waals surface area contributed by atoms with Crippen molar-refractivity contribution in [2.24, 2.45) is 7.05 Å². The number of amides is 1. The predicted molar refractivity (Wildman–Crippen MR) is 88.6 cm³/mol. The number of aromatic nitrogens is 2. The number of methoxy groups -OCH3 is 1. The van der Waals surface area contributed by atoms with E-state index in [0.29, 0.717) is 0 Å². The van der Waals surface area contributed by atoms with Crippen molar-refractivity contribution in [1.82, 2.24) is 9.55 Å². The first-order valence-electron chi connectivity index (χ1n) is 7.65. The van der Waals surface area contributed by atoms with Crippen molar-refractivity contribution in [3.63, 3.8) is 0 Å². The van der Waals surface area contributed by atoms with Gasteiger partial charge >= 0.3 is 5.97 Å². The SMILES string of the molecule is CCOC(=O)c1cnc(NC(=O)[C@@](C)(OC)c2ccccc2F)n1C. The fourth-order valence-corrected chi connectivity index (χ4v) is 2.31. The smallest absolute Gasteiger partial charge is 0.356 e. The zero-order valence-electron chi connectivity index (χ0n) is 14.5. The molecule has 0 radical (unpaired) electrons. The zero-order valence-corrected chi connectivity index (χ0v) is 14.5. The lowest BCUT2D eigenvalue weighted by molar-refractivity contribution is -0.137. The van der Waals surface area contributed by atoms with Crippen molar-refractivity contribution in [3.05, 3.63) is 47.5 Å². The van der Waals surface area contributed by atoms with Crippen molar-refractivity contribution >= 4 is 17.8 Å². The molecule has 7 nitrogen and oxygen atoms in total. The lowest BCUT2D eigenvalue weighted by Gasteiger charge is -2.27. The van der Waals surface area contributed by atoms with E-state index in [1.807, 2.05) is 0 Å². The van der Waals surface area contributed by atoms with Crippen LogP contribution < -0.4 is 5.32 Å². The van der Waals surface area contributed by atoms with Gasteiger partial charge in [0.25, 0.3) is 5.91 Å². The third-order valence-electron chi connectivity index (χ3n) is 3.93. The molecule has 1 aromatic carbocycles. The van der Waals surface area contributed by atoms with Crippen molar-refractivity contribution in [3.8, 4) is 0 Å². The summed E-state index contributed by atoms with van der Waals surface area (Å²) in [4.78, 5) is 28.5. The van der Waals surface area contributed by atoms with Gasteiger partial charge in [-0.1, -0.05) is 18.2 Å². The van der Waals surface area contributed by atoms with Gasteiger partial charge in [0.1, 0.15) is 11.5 Å².